The molecule has 6 nitrogen and oxygen atoms in total. The number of amides is 1. The number of nitrogens with one attached hydrogen (secondary N) is 2. The van der Waals surface area contributed by atoms with Crippen LogP contribution in [0.4, 0.5) is 0 Å². The maximum atomic E-state index is 12.2. The van der Waals surface area contributed by atoms with Gasteiger partial charge in [-0.25, -0.2) is 0 Å². The van der Waals surface area contributed by atoms with Crippen LogP contribution < -0.4 is 20.1 Å². The number of aliphatic hydroxyl groups is 1. The molecule has 3 rings (SSSR count). The zero-order valence-corrected chi connectivity index (χ0v) is 14.1. The highest BCUT2D eigenvalue weighted by Gasteiger charge is 2.28. The van der Waals surface area contributed by atoms with Gasteiger partial charge >= 0.3 is 0 Å². The minimum Gasteiger partial charge on any atom is -0.497 e. The van der Waals surface area contributed by atoms with Crippen molar-refractivity contribution in [3.8, 4) is 11.5 Å². The van der Waals surface area contributed by atoms with Crippen molar-refractivity contribution in [1.82, 2.24) is 10.6 Å². The fourth-order valence-electron chi connectivity index (χ4n) is 3.33. The topological polar surface area (TPSA) is 79.8 Å². The maximum Gasteiger partial charge on any atom is 0.237 e. The molecule has 2 atom stereocenters. The average Bonchev–Trinajstić information content (AvgIpc) is 3.25. The summed E-state index contributed by atoms with van der Waals surface area (Å²) in [4.78, 5) is 12.2. The Kier molecular flexibility index (Phi) is 5.58. The van der Waals surface area contributed by atoms with Crippen molar-refractivity contribution in [3.63, 3.8) is 0 Å². The Balaban J connectivity index is 1.63. The molecule has 132 valence electrons. The van der Waals surface area contributed by atoms with E-state index in [0.717, 1.165) is 29.9 Å². The lowest BCUT2D eigenvalue weighted by Gasteiger charge is -2.18. The van der Waals surface area contributed by atoms with Gasteiger partial charge in [-0.2, -0.15) is 0 Å². The Bertz CT molecular complexity index is 572. The number of hydrogen-bond donors (Lipinski definition) is 3. The van der Waals surface area contributed by atoms with Crippen molar-refractivity contribution < 1.29 is 19.4 Å². The number of ether oxygens (including phenoxy) is 2. The summed E-state index contributed by atoms with van der Waals surface area (Å²) in [5.74, 6) is 1.44. The molecule has 2 unspecified atom stereocenters. The van der Waals surface area contributed by atoms with E-state index in [4.69, 9.17) is 9.47 Å². The summed E-state index contributed by atoms with van der Waals surface area (Å²) in [6, 6.07) is 5.37. The monoisotopic (exact) mass is 334 g/mol. The lowest BCUT2D eigenvalue weighted by molar-refractivity contribution is -0.123. The molecule has 6 heteroatoms. The molecule has 1 heterocycles. The van der Waals surface area contributed by atoms with Gasteiger partial charge in [-0.3, -0.25) is 4.79 Å². The summed E-state index contributed by atoms with van der Waals surface area (Å²) >= 11 is 0. The van der Waals surface area contributed by atoms with Gasteiger partial charge in [0.15, 0.2) is 0 Å². The molecule has 1 saturated heterocycles. The first-order valence-electron chi connectivity index (χ1n) is 8.68. The number of carbonyl (C=O) groups excluding carboxylic acids is 1. The molecule has 1 saturated carbocycles. The van der Waals surface area contributed by atoms with Crippen molar-refractivity contribution >= 4 is 5.91 Å². The summed E-state index contributed by atoms with van der Waals surface area (Å²) < 4.78 is 11.4. The molecule has 1 aliphatic heterocycles. The zero-order chi connectivity index (χ0) is 16.9. The van der Waals surface area contributed by atoms with E-state index in [2.05, 4.69) is 10.6 Å². The number of aliphatic hydroxyl groups excluding tert-OH is 1. The van der Waals surface area contributed by atoms with Gasteiger partial charge in [0, 0.05) is 24.7 Å². The van der Waals surface area contributed by atoms with Gasteiger partial charge in [-0.15, -0.1) is 0 Å². The second kappa shape index (κ2) is 7.85. The van der Waals surface area contributed by atoms with E-state index in [0.29, 0.717) is 19.5 Å². The molecule has 1 amide bonds. The lowest BCUT2D eigenvalue weighted by Crippen LogP contribution is -2.40. The smallest absolute Gasteiger partial charge is 0.237 e. The van der Waals surface area contributed by atoms with Gasteiger partial charge in [-0.05, 0) is 44.2 Å². The van der Waals surface area contributed by atoms with Crippen LogP contribution in [0.2, 0.25) is 0 Å². The summed E-state index contributed by atoms with van der Waals surface area (Å²) in [7, 11) is 1.63. The molecule has 2 fully saturated rings. The maximum absolute atomic E-state index is 12.2. The Hall–Kier alpha value is -1.79. The van der Waals surface area contributed by atoms with Crippen LogP contribution in [-0.4, -0.2) is 42.9 Å². The molecule has 0 bridgehead atoms. The van der Waals surface area contributed by atoms with Crippen LogP contribution in [0.15, 0.2) is 18.2 Å². The third-order valence-corrected chi connectivity index (χ3v) is 4.75. The third kappa shape index (κ3) is 4.19. The molecular formula is C18H26N2O4. The van der Waals surface area contributed by atoms with E-state index in [-0.39, 0.29) is 18.1 Å². The van der Waals surface area contributed by atoms with Crippen LogP contribution in [0.5, 0.6) is 11.5 Å². The van der Waals surface area contributed by atoms with Crippen LogP contribution in [0.3, 0.4) is 0 Å². The van der Waals surface area contributed by atoms with Crippen LogP contribution in [0.25, 0.3) is 0 Å². The van der Waals surface area contributed by atoms with E-state index >= 15 is 0 Å². The fraction of sp³-hybridized carbons (Fsp3) is 0.611. The molecule has 0 spiro atoms. The third-order valence-electron chi connectivity index (χ3n) is 4.75. The largest absolute Gasteiger partial charge is 0.497 e. The van der Waals surface area contributed by atoms with Gasteiger partial charge in [0.2, 0.25) is 5.91 Å². The molecule has 1 aromatic carbocycles. The quantitative estimate of drug-likeness (QED) is 0.732. The van der Waals surface area contributed by atoms with Gasteiger partial charge < -0.3 is 25.2 Å². The Morgan fingerprint density at radius 3 is 2.83 bits per heavy atom. The van der Waals surface area contributed by atoms with E-state index in [1.807, 2.05) is 18.2 Å². The zero-order valence-electron chi connectivity index (χ0n) is 14.1. The minimum atomic E-state index is -0.442. The van der Waals surface area contributed by atoms with Crippen molar-refractivity contribution in [1.29, 1.82) is 0 Å². The summed E-state index contributed by atoms with van der Waals surface area (Å²) in [5.41, 5.74) is 0.939. The number of β-amino-alcohol motifs (C(OH)–C–C–N with tert-alkyl or cyclic N) is 1. The highest BCUT2D eigenvalue weighted by Crippen LogP contribution is 2.30. The molecule has 0 radical (unpaired) electrons. The number of methoxy groups -OCH3 is 1. The van der Waals surface area contributed by atoms with E-state index in [1.54, 1.807) is 7.11 Å². The number of benzene rings is 1. The molecule has 1 aromatic rings. The predicted octanol–water partition coefficient (Wildman–Crippen LogP) is 1.36. The average molecular weight is 334 g/mol. The minimum absolute atomic E-state index is 0.0887. The number of carbonyl (C=O) groups is 1. The Labute approximate surface area is 142 Å². The van der Waals surface area contributed by atoms with E-state index < -0.39 is 6.10 Å². The van der Waals surface area contributed by atoms with Crippen molar-refractivity contribution in [2.24, 2.45) is 0 Å². The van der Waals surface area contributed by atoms with Gasteiger partial charge in [0.1, 0.15) is 11.5 Å². The summed E-state index contributed by atoms with van der Waals surface area (Å²) in [6.07, 6.45) is 4.83. The first-order valence-corrected chi connectivity index (χ1v) is 8.68. The standard InChI is InChI=1S/C18H26N2O4/c1-23-15-7-6-12(17(9-15)24-14-4-2-3-5-14)10-20-18(22)16-8-13(21)11-19-16/h6-7,9,13-14,16,19,21H,2-5,8,10-11H2,1H3,(H,20,22). The molecule has 2 aliphatic rings. The molecule has 24 heavy (non-hydrogen) atoms. The van der Waals surface area contributed by atoms with Crippen LogP contribution in [-0.2, 0) is 11.3 Å². The first-order chi connectivity index (χ1) is 11.7. The second-order valence-corrected chi connectivity index (χ2v) is 6.57. The SMILES string of the molecule is COc1ccc(CNC(=O)C2CC(O)CN2)c(OC2CCCC2)c1. The Morgan fingerprint density at radius 2 is 2.17 bits per heavy atom. The van der Waals surface area contributed by atoms with Crippen LogP contribution in [0.1, 0.15) is 37.7 Å². The predicted molar refractivity (Wildman–Crippen MR) is 90.1 cm³/mol. The van der Waals surface area contributed by atoms with Crippen molar-refractivity contribution in [2.45, 2.75) is 56.9 Å². The highest BCUT2D eigenvalue weighted by atomic mass is 16.5. The lowest BCUT2D eigenvalue weighted by atomic mass is 10.1. The fourth-order valence-corrected chi connectivity index (χ4v) is 3.33. The molecular weight excluding hydrogens is 308 g/mol. The van der Waals surface area contributed by atoms with Gasteiger partial charge in [0.25, 0.3) is 0 Å². The van der Waals surface area contributed by atoms with E-state index in [1.165, 1.54) is 12.8 Å². The number of hydrogen-bond acceptors (Lipinski definition) is 5. The highest BCUT2D eigenvalue weighted by molar-refractivity contribution is 5.82. The summed E-state index contributed by atoms with van der Waals surface area (Å²) in [5, 5.41) is 15.5. The van der Waals surface area contributed by atoms with Gasteiger partial charge in [0.05, 0.1) is 25.4 Å². The van der Waals surface area contributed by atoms with Crippen LogP contribution >= 0.6 is 0 Å². The normalized spacial score (nSPS) is 24.1. The number of rotatable bonds is 6. The molecule has 3 N–H and O–H groups in total. The van der Waals surface area contributed by atoms with Crippen molar-refractivity contribution in [2.75, 3.05) is 13.7 Å². The van der Waals surface area contributed by atoms with E-state index in [9.17, 15) is 9.90 Å². The molecule has 0 aromatic heterocycles. The van der Waals surface area contributed by atoms with Crippen LogP contribution in [0, 0.1) is 0 Å². The second-order valence-electron chi connectivity index (χ2n) is 6.57. The first kappa shape index (κ1) is 17.0. The van der Waals surface area contributed by atoms with Gasteiger partial charge in [-0.1, -0.05) is 0 Å². The van der Waals surface area contributed by atoms with Crippen molar-refractivity contribution in [3.05, 3.63) is 23.8 Å². The molecule has 1 aliphatic carbocycles. The Morgan fingerprint density at radius 1 is 1.38 bits per heavy atom. The summed E-state index contributed by atoms with van der Waals surface area (Å²) in [6.45, 7) is 0.871.